The number of anilines is 2. The molecule has 0 aliphatic carbocycles. The summed E-state index contributed by atoms with van der Waals surface area (Å²) in [5, 5.41) is 14.9. The predicted octanol–water partition coefficient (Wildman–Crippen LogP) is 3.47. The van der Waals surface area contributed by atoms with Crippen LogP contribution in [0.3, 0.4) is 0 Å². The van der Waals surface area contributed by atoms with E-state index in [9.17, 15) is 14.7 Å². The van der Waals surface area contributed by atoms with Crippen molar-refractivity contribution in [3.05, 3.63) is 90.0 Å². The summed E-state index contributed by atoms with van der Waals surface area (Å²) in [6, 6.07) is 22.0. The van der Waals surface area contributed by atoms with Crippen molar-refractivity contribution in [1.29, 1.82) is 0 Å². The molecule has 2 atom stereocenters. The second kappa shape index (κ2) is 9.34. The highest BCUT2D eigenvalue weighted by atomic mass is 16.5. The summed E-state index contributed by atoms with van der Waals surface area (Å²) in [6.45, 7) is 2.05. The molecule has 170 valence electrons. The van der Waals surface area contributed by atoms with Crippen molar-refractivity contribution in [2.24, 2.45) is 0 Å². The normalized spacial score (nSPS) is 17.9. The minimum atomic E-state index is -2.16. The van der Waals surface area contributed by atoms with Crippen molar-refractivity contribution in [2.45, 2.75) is 25.1 Å². The fourth-order valence-corrected chi connectivity index (χ4v) is 4.08. The van der Waals surface area contributed by atoms with E-state index in [1.165, 1.54) is 4.90 Å². The zero-order valence-electron chi connectivity index (χ0n) is 18.5. The highest BCUT2D eigenvalue weighted by Crippen LogP contribution is 2.44. The van der Waals surface area contributed by atoms with Gasteiger partial charge < -0.3 is 24.8 Å². The zero-order valence-corrected chi connectivity index (χ0v) is 18.5. The molecule has 1 aliphatic rings. The van der Waals surface area contributed by atoms with E-state index in [0.29, 0.717) is 22.7 Å². The van der Waals surface area contributed by atoms with Gasteiger partial charge in [-0.1, -0.05) is 48.5 Å². The molecular formula is C26H26N2O5. The first-order chi connectivity index (χ1) is 16.0. The molecule has 1 amide bonds. The van der Waals surface area contributed by atoms with Crippen molar-refractivity contribution in [1.82, 2.24) is 0 Å². The molecule has 3 aromatic carbocycles. The van der Waals surface area contributed by atoms with E-state index < -0.39 is 23.5 Å². The van der Waals surface area contributed by atoms with Crippen LogP contribution >= 0.6 is 0 Å². The maximum Gasteiger partial charge on any atom is 0.332 e. The summed E-state index contributed by atoms with van der Waals surface area (Å²) < 4.78 is 10.4. The van der Waals surface area contributed by atoms with Gasteiger partial charge in [0.2, 0.25) is 5.60 Å². The van der Waals surface area contributed by atoms with Crippen molar-refractivity contribution in [2.75, 3.05) is 23.9 Å². The Morgan fingerprint density at radius 2 is 1.70 bits per heavy atom. The number of nitrogens with one attached hydrogen (secondary N) is 1. The molecule has 4 rings (SSSR count). The molecule has 2 N–H and O–H groups in total. The Morgan fingerprint density at radius 1 is 1.03 bits per heavy atom. The zero-order chi connectivity index (χ0) is 23.4. The quantitative estimate of drug-likeness (QED) is 0.515. The average molecular weight is 447 g/mol. The van der Waals surface area contributed by atoms with E-state index in [4.69, 9.17) is 9.47 Å². The van der Waals surface area contributed by atoms with Crippen LogP contribution in [0.4, 0.5) is 11.4 Å². The number of para-hydroxylation sites is 1. The summed E-state index contributed by atoms with van der Waals surface area (Å²) >= 11 is 0. The molecule has 1 heterocycles. The number of esters is 1. The van der Waals surface area contributed by atoms with Gasteiger partial charge in [-0.05, 0) is 42.8 Å². The van der Waals surface area contributed by atoms with Gasteiger partial charge in [0.1, 0.15) is 5.75 Å². The van der Waals surface area contributed by atoms with Crippen molar-refractivity contribution < 1.29 is 24.2 Å². The summed E-state index contributed by atoms with van der Waals surface area (Å²) in [6.07, 6.45) is 0. The Hall–Kier alpha value is -3.84. The Bertz CT molecular complexity index is 1130. The van der Waals surface area contributed by atoms with Crippen molar-refractivity contribution in [3.63, 3.8) is 0 Å². The molecule has 0 bridgehead atoms. The van der Waals surface area contributed by atoms with Crippen LogP contribution in [0.1, 0.15) is 18.1 Å². The number of benzene rings is 3. The molecule has 7 nitrogen and oxygen atoms in total. The predicted molar refractivity (Wildman–Crippen MR) is 125 cm³/mol. The molecule has 0 saturated heterocycles. The van der Waals surface area contributed by atoms with Crippen LogP contribution in [-0.2, 0) is 26.5 Å². The molecule has 3 aromatic rings. The minimum absolute atomic E-state index is 0.110. The molecule has 0 saturated carbocycles. The van der Waals surface area contributed by atoms with Crippen LogP contribution in [0.2, 0.25) is 0 Å². The third kappa shape index (κ3) is 4.15. The second-order valence-corrected chi connectivity index (χ2v) is 7.72. The van der Waals surface area contributed by atoms with Gasteiger partial charge in [-0.25, -0.2) is 4.79 Å². The molecule has 0 fully saturated rings. The molecule has 7 heteroatoms. The number of rotatable bonds is 8. The van der Waals surface area contributed by atoms with Gasteiger partial charge in [-0.2, -0.15) is 0 Å². The van der Waals surface area contributed by atoms with Crippen LogP contribution < -0.4 is 15.0 Å². The minimum Gasteiger partial charge on any atom is -0.497 e. The summed E-state index contributed by atoms with van der Waals surface area (Å²) in [4.78, 5) is 28.3. The Morgan fingerprint density at radius 3 is 2.36 bits per heavy atom. The molecule has 33 heavy (non-hydrogen) atoms. The highest BCUT2D eigenvalue weighted by molar-refractivity contribution is 6.10. The largest absolute Gasteiger partial charge is 0.497 e. The lowest BCUT2D eigenvalue weighted by Crippen LogP contribution is -2.55. The molecule has 0 radical (unpaired) electrons. The third-order valence-corrected chi connectivity index (χ3v) is 5.70. The first-order valence-corrected chi connectivity index (χ1v) is 10.7. The number of carbonyl (C=O) groups is 2. The monoisotopic (exact) mass is 446 g/mol. The van der Waals surface area contributed by atoms with Gasteiger partial charge in [0, 0.05) is 11.3 Å². The van der Waals surface area contributed by atoms with Gasteiger partial charge >= 0.3 is 5.97 Å². The fourth-order valence-electron chi connectivity index (χ4n) is 4.08. The van der Waals surface area contributed by atoms with Crippen LogP contribution in [-0.4, -0.2) is 36.7 Å². The third-order valence-electron chi connectivity index (χ3n) is 5.70. The van der Waals surface area contributed by atoms with Crippen LogP contribution in [0.15, 0.2) is 78.9 Å². The van der Waals surface area contributed by atoms with E-state index in [2.05, 4.69) is 5.32 Å². The lowest BCUT2D eigenvalue weighted by Gasteiger charge is -2.31. The number of hydrogen-bond donors (Lipinski definition) is 2. The lowest BCUT2D eigenvalue weighted by molar-refractivity contribution is -0.156. The molecule has 0 spiro atoms. The molecule has 0 unspecified atom stereocenters. The second-order valence-electron chi connectivity index (χ2n) is 7.72. The Kier molecular flexibility index (Phi) is 6.33. The number of amides is 1. The summed E-state index contributed by atoms with van der Waals surface area (Å²) in [5.41, 5.74) is 0.192. The number of carbonyl (C=O) groups excluding carboxylic acids is 2. The van der Waals surface area contributed by atoms with E-state index >= 15 is 0 Å². The summed E-state index contributed by atoms with van der Waals surface area (Å²) in [5.74, 6) is -0.671. The number of hydrogen-bond acceptors (Lipinski definition) is 6. The first kappa shape index (κ1) is 22.4. The van der Waals surface area contributed by atoms with E-state index in [-0.39, 0.29) is 13.2 Å². The van der Waals surface area contributed by atoms with Crippen LogP contribution in [0.25, 0.3) is 0 Å². The standard InChI is InChI=1S/C26H26N2O5/c1-3-33-24(29)23(27-19-13-15-20(32-2)16-14-19)26(31)21-11-7-8-12-22(21)28(25(26)30)17-18-9-5-4-6-10-18/h4-16,23,27,31H,3,17H2,1-2H3/t23-,26-/m0/s1. The molecule has 0 aromatic heterocycles. The molecular weight excluding hydrogens is 420 g/mol. The SMILES string of the molecule is CCOC(=O)[C@H](Nc1ccc(OC)cc1)[C@]1(O)C(=O)N(Cc2ccccc2)c2ccccc21. The number of ether oxygens (including phenoxy) is 2. The van der Waals surface area contributed by atoms with Crippen molar-refractivity contribution >= 4 is 23.3 Å². The number of nitrogens with zero attached hydrogens (tertiary/aromatic N) is 1. The fraction of sp³-hybridized carbons (Fsp3) is 0.231. The molecule has 1 aliphatic heterocycles. The average Bonchev–Trinajstić information content (AvgIpc) is 3.06. The summed E-state index contributed by atoms with van der Waals surface area (Å²) in [7, 11) is 1.56. The van der Waals surface area contributed by atoms with E-state index in [0.717, 1.165) is 5.56 Å². The van der Waals surface area contributed by atoms with Gasteiger partial charge in [-0.3, -0.25) is 4.79 Å². The van der Waals surface area contributed by atoms with Gasteiger partial charge in [0.15, 0.2) is 6.04 Å². The topological polar surface area (TPSA) is 88.1 Å². The van der Waals surface area contributed by atoms with E-state index in [1.807, 2.05) is 30.3 Å². The van der Waals surface area contributed by atoms with Crippen LogP contribution in [0, 0.1) is 0 Å². The number of aliphatic hydroxyl groups is 1. The lowest BCUT2D eigenvalue weighted by atomic mass is 9.87. The smallest absolute Gasteiger partial charge is 0.332 e. The maximum atomic E-state index is 13.7. The van der Waals surface area contributed by atoms with Gasteiger partial charge in [0.05, 0.1) is 25.9 Å². The Balaban J connectivity index is 1.75. The Labute approximate surface area is 192 Å². The number of methoxy groups -OCH3 is 1. The van der Waals surface area contributed by atoms with Crippen molar-refractivity contribution in [3.8, 4) is 5.75 Å². The van der Waals surface area contributed by atoms with Crippen LogP contribution in [0.5, 0.6) is 5.75 Å². The van der Waals surface area contributed by atoms with E-state index in [1.54, 1.807) is 62.6 Å². The first-order valence-electron chi connectivity index (χ1n) is 10.7. The van der Waals surface area contributed by atoms with Gasteiger partial charge in [0.25, 0.3) is 5.91 Å². The highest BCUT2D eigenvalue weighted by Gasteiger charge is 2.58. The number of fused-ring (bicyclic) bond motifs is 1. The maximum absolute atomic E-state index is 13.7. The van der Waals surface area contributed by atoms with Gasteiger partial charge in [-0.15, -0.1) is 0 Å².